The number of hydrogen-bond acceptors (Lipinski definition) is 24. The number of aryl methyl sites for hydroxylation is 1. The van der Waals surface area contributed by atoms with Gasteiger partial charge in [0.15, 0.2) is 28.8 Å². The van der Waals surface area contributed by atoms with E-state index in [2.05, 4.69) is 63.1 Å². The Labute approximate surface area is 571 Å². The van der Waals surface area contributed by atoms with Crippen LogP contribution >= 0.6 is 0 Å². The molecule has 0 spiro atoms. The number of hydrogen-bond donors (Lipinski definition) is 7. The Hall–Kier alpha value is -12.1. The molecular weight excluding hydrogens is 1300 g/mol. The number of aromatic carboxylic acids is 1. The van der Waals surface area contributed by atoms with Gasteiger partial charge in [0.1, 0.15) is 11.4 Å². The summed E-state index contributed by atoms with van der Waals surface area (Å²) in [6.45, 7) is 19.0. The minimum atomic E-state index is -1.38. The Kier molecular flexibility index (Phi) is 24.8. The predicted molar refractivity (Wildman–Crippen MR) is 360 cm³/mol. The number of pyridine rings is 2. The van der Waals surface area contributed by atoms with Crippen molar-refractivity contribution in [1.29, 1.82) is 0 Å². The molecule has 2 amide bonds. The average Bonchev–Trinajstić information content (AvgIpc) is 0.976. The number of carbonyl (C=O) groups excluding carboxylic acids is 7. The van der Waals surface area contributed by atoms with Crippen LogP contribution in [0.25, 0.3) is 57.2 Å². The molecule has 2 saturated carbocycles. The third-order valence-electron chi connectivity index (χ3n) is 14.9. The third kappa shape index (κ3) is 20.5. The Morgan fingerprint density at radius 2 is 1.03 bits per heavy atom. The zero-order valence-electron chi connectivity index (χ0n) is 55.5. The minimum absolute atomic E-state index is 0.0139. The van der Waals surface area contributed by atoms with Gasteiger partial charge in [-0.2, -0.15) is 0 Å². The van der Waals surface area contributed by atoms with Gasteiger partial charge >= 0.3 is 41.7 Å². The van der Waals surface area contributed by atoms with Crippen LogP contribution in [-0.4, -0.2) is 126 Å². The number of aliphatic hydroxyl groups is 1. The molecule has 10 rings (SSSR count). The third-order valence-corrected chi connectivity index (χ3v) is 14.9. The number of nitrogens with one attached hydrogen (secondary N) is 4. The molecule has 0 aliphatic heterocycles. The molecule has 29 heteroatoms. The molecule has 8 aromatic rings. The maximum absolute atomic E-state index is 14.0. The summed E-state index contributed by atoms with van der Waals surface area (Å²) in [7, 11) is 0. The number of ether oxygens (including phenoxy) is 6. The first-order valence-corrected chi connectivity index (χ1v) is 31.5. The summed E-state index contributed by atoms with van der Waals surface area (Å²) in [6.07, 6.45) is 1.38. The van der Waals surface area contributed by atoms with Crippen molar-refractivity contribution in [2.75, 3.05) is 18.8 Å². The van der Waals surface area contributed by atoms with E-state index in [0.29, 0.717) is 69.8 Å². The largest absolute Gasteiger partial charge is 0.511 e. The zero-order valence-corrected chi connectivity index (χ0v) is 55.5. The molecule has 100 heavy (non-hydrogen) atoms. The van der Waals surface area contributed by atoms with Crippen LogP contribution in [0.2, 0.25) is 0 Å². The fourth-order valence-electron chi connectivity index (χ4n) is 9.59. The maximum atomic E-state index is 14.0. The lowest BCUT2D eigenvalue weighted by molar-refractivity contribution is -0.0884. The minimum Gasteiger partial charge on any atom is -0.478 e. The molecular formula is C71H73N9O20. The van der Waals surface area contributed by atoms with Crippen LogP contribution in [0.5, 0.6) is 0 Å². The number of carboxylic acid groups (broad SMARTS) is 1. The van der Waals surface area contributed by atoms with Gasteiger partial charge in [0, 0.05) is 66.9 Å². The van der Waals surface area contributed by atoms with E-state index < -0.39 is 84.9 Å². The first kappa shape index (κ1) is 73.7. The Balaban J connectivity index is 0.000000219. The summed E-state index contributed by atoms with van der Waals surface area (Å²) < 4.78 is 39.4. The second-order valence-corrected chi connectivity index (χ2v) is 23.5. The van der Waals surface area contributed by atoms with Crippen LogP contribution in [0.4, 0.5) is 15.3 Å². The smallest absolute Gasteiger partial charge is 0.478 e. The van der Waals surface area contributed by atoms with Crippen molar-refractivity contribution in [3.63, 3.8) is 0 Å². The number of benzene rings is 4. The highest BCUT2D eigenvalue weighted by molar-refractivity contribution is 6.08. The van der Waals surface area contributed by atoms with Crippen LogP contribution in [0, 0.1) is 18.8 Å². The molecule has 4 aromatic heterocycles. The number of nitrogens with two attached hydrogens (primary N) is 1. The van der Waals surface area contributed by atoms with Gasteiger partial charge in [-0.1, -0.05) is 66.0 Å². The van der Waals surface area contributed by atoms with Crippen LogP contribution in [0.3, 0.4) is 0 Å². The van der Waals surface area contributed by atoms with Crippen molar-refractivity contribution in [3.05, 3.63) is 193 Å². The molecule has 0 radical (unpaired) electrons. The molecule has 4 aromatic carbocycles. The van der Waals surface area contributed by atoms with Gasteiger partial charge in [-0.15, -0.1) is 0 Å². The summed E-state index contributed by atoms with van der Waals surface area (Å²) in [5, 5.41) is 32.5. The summed E-state index contributed by atoms with van der Waals surface area (Å²) in [6, 6.07) is 25.7. The Bertz CT molecular complexity index is 4480. The quantitative estimate of drug-likeness (QED) is 0.00919. The van der Waals surface area contributed by atoms with Crippen molar-refractivity contribution < 1.29 is 86.0 Å². The van der Waals surface area contributed by atoms with Gasteiger partial charge in [-0.25, -0.2) is 43.5 Å². The second kappa shape index (κ2) is 33.7. The first-order valence-electron chi connectivity index (χ1n) is 31.5. The molecule has 2 aliphatic rings. The lowest BCUT2D eigenvalue weighted by Crippen LogP contribution is -2.28. The van der Waals surface area contributed by atoms with Crippen molar-refractivity contribution >= 4 is 65.7 Å². The zero-order chi connectivity index (χ0) is 72.5. The number of Topliss-reactive ketones (excluding diaryl/α,β-unsaturated/α-hetero) is 1. The number of esters is 2. The highest BCUT2D eigenvalue weighted by atomic mass is 16.8. The van der Waals surface area contributed by atoms with E-state index in [9.17, 15) is 58.2 Å². The van der Waals surface area contributed by atoms with E-state index in [1.807, 2.05) is 6.92 Å². The molecule has 4 heterocycles. The topological polar surface area (TPSA) is 426 Å². The molecule has 2 atom stereocenters. The lowest BCUT2D eigenvalue weighted by Gasteiger charge is -2.18. The van der Waals surface area contributed by atoms with Gasteiger partial charge in [0.2, 0.25) is 12.6 Å². The van der Waals surface area contributed by atoms with Crippen molar-refractivity contribution in [2.24, 2.45) is 11.8 Å². The standard InChI is InChI=1S/C36H36N4O9.C27H30N2O9.C8H7N3O2/c1-6-24-17-28(30(41)16-22-9-11-25(12-10-22)32-39-35(44)49-40-32)27(15-20(24)4)26-13-14-29(33(42)37-18-23-7-8-23)38-31(26)34(43)47-21(5)48-36(45)46-19(2)3;1-5-17-10-21(25(32)33)20(11-18(17)13-30)19-8-9-22(24(31)28-12-16-6-7-16)29-23(19)26(34)37-15(4)38-27(35)36-14(2)3;9-6-3-1-5(2-4-6)7-10-8(12)13-11-7/h6,9-15,17,19,21,23H,1,7-8,16,18H2,2-5H3,(H,37,42)(H,39,40,44);5,8-11,14-16,30H,1,6-7,12-13H2,2-4H3,(H,28,31)(H,32,33);1-4H,9H2,(H,10,11,12). The van der Waals surface area contributed by atoms with Crippen LogP contribution in [0.15, 0.2) is 129 Å². The van der Waals surface area contributed by atoms with Crippen LogP contribution in [0.1, 0.15) is 158 Å². The number of nitrogens with zero attached hydrogens (tertiary/aromatic N) is 4. The number of ketones is 1. The van der Waals surface area contributed by atoms with E-state index >= 15 is 0 Å². The molecule has 0 bridgehead atoms. The summed E-state index contributed by atoms with van der Waals surface area (Å²) >= 11 is 0. The van der Waals surface area contributed by atoms with E-state index in [4.69, 9.17) is 34.2 Å². The number of H-pyrrole nitrogens is 2. The van der Waals surface area contributed by atoms with Gasteiger partial charge in [-0.3, -0.25) is 33.4 Å². The number of nitrogen functional groups attached to an aromatic ring is 1. The molecule has 8 N–H and O–H groups in total. The number of aromatic nitrogens is 6. The molecule has 522 valence electrons. The van der Waals surface area contributed by atoms with Crippen molar-refractivity contribution in [2.45, 2.75) is 112 Å². The number of carboxylic acids is 1. The summed E-state index contributed by atoms with van der Waals surface area (Å²) in [4.78, 5) is 138. The van der Waals surface area contributed by atoms with E-state index in [-0.39, 0.29) is 68.6 Å². The van der Waals surface area contributed by atoms with Crippen molar-refractivity contribution in [1.82, 2.24) is 40.9 Å². The highest BCUT2D eigenvalue weighted by Crippen LogP contribution is 2.35. The summed E-state index contributed by atoms with van der Waals surface area (Å²) in [5.41, 5.74) is 10.5. The number of rotatable bonds is 25. The lowest BCUT2D eigenvalue weighted by atomic mass is 9.89. The highest BCUT2D eigenvalue weighted by Gasteiger charge is 2.30. The number of amides is 2. The summed E-state index contributed by atoms with van der Waals surface area (Å²) in [5.74, 6) is -4.38. The number of carbonyl (C=O) groups is 8. The van der Waals surface area contributed by atoms with E-state index in [1.54, 1.807) is 101 Å². The van der Waals surface area contributed by atoms with Crippen molar-refractivity contribution in [3.8, 4) is 45.0 Å². The van der Waals surface area contributed by atoms with E-state index in [0.717, 1.165) is 36.8 Å². The first-order chi connectivity index (χ1) is 47.7. The number of aromatic amines is 2. The monoisotopic (exact) mass is 1370 g/mol. The maximum Gasteiger partial charge on any atom is 0.511 e. The van der Waals surface area contributed by atoms with E-state index in [1.165, 1.54) is 50.3 Å². The molecule has 2 fully saturated rings. The molecule has 29 nitrogen and oxygen atoms in total. The van der Waals surface area contributed by atoms with Gasteiger partial charge in [-0.05, 0) is 178 Å². The van der Waals surface area contributed by atoms with Gasteiger partial charge in [0.25, 0.3) is 11.8 Å². The SMILES string of the molecule is C=Cc1cc(C(=O)Cc2ccc(-c3noc(=O)[nH]3)cc2)c(-c2ccc(C(=O)NCC3CC3)nc2C(=O)OC(C)OC(=O)OC(C)C)cc1C.C=Cc1cc(C(=O)O)c(-c2ccc(C(=O)NCC3CC3)nc2C(=O)OC(C)OC(=O)OC(C)C)cc1CO.Nc1ccc(-c2noc(=O)[nH]2)cc1. The molecule has 0 saturated heterocycles. The molecule has 2 aliphatic carbocycles. The Morgan fingerprint density at radius 3 is 1.43 bits per heavy atom. The fourth-order valence-corrected chi connectivity index (χ4v) is 9.59. The fraction of sp³-hybridized carbons (Fsp3) is 0.296. The Morgan fingerprint density at radius 1 is 0.590 bits per heavy atom. The molecule has 2 unspecified atom stereocenters. The normalized spacial score (nSPS) is 12.8. The second-order valence-electron chi connectivity index (χ2n) is 23.5. The van der Waals surface area contributed by atoms with Gasteiger partial charge in [0.05, 0.1) is 24.4 Å². The van der Waals surface area contributed by atoms with Gasteiger partial charge < -0.3 is 55.0 Å². The average molecular weight is 1370 g/mol. The number of anilines is 1. The van der Waals surface area contributed by atoms with Crippen LogP contribution in [-0.2, 0) is 41.4 Å². The van der Waals surface area contributed by atoms with Crippen LogP contribution < -0.4 is 27.9 Å². The number of aliphatic hydroxyl groups excluding tert-OH is 1. The predicted octanol–water partition coefficient (Wildman–Crippen LogP) is 10.1.